The molecule has 1 amide bonds. The molecule has 0 aromatic heterocycles. The van der Waals surface area contributed by atoms with Crippen LogP contribution in [0.5, 0.6) is 0 Å². The summed E-state index contributed by atoms with van der Waals surface area (Å²) in [4.78, 5) is 14.5. The van der Waals surface area contributed by atoms with Gasteiger partial charge in [-0.1, -0.05) is 23.7 Å². The molecule has 0 bridgehead atoms. The van der Waals surface area contributed by atoms with Gasteiger partial charge in [-0.2, -0.15) is 0 Å². The average Bonchev–Trinajstić information content (AvgIpc) is 3.11. The largest absolute Gasteiger partial charge is 0.369 e. The van der Waals surface area contributed by atoms with E-state index < -0.39 is 0 Å². The Hall–Kier alpha value is -1.06. The molecule has 1 aromatic carbocycles. The van der Waals surface area contributed by atoms with E-state index in [4.69, 9.17) is 17.3 Å². The highest BCUT2D eigenvalue weighted by Gasteiger charge is 2.38. The van der Waals surface area contributed by atoms with E-state index in [9.17, 15) is 4.79 Å². The summed E-state index contributed by atoms with van der Waals surface area (Å²) in [6.45, 7) is 2.22. The Kier molecular flexibility index (Phi) is 3.99. The number of benzene rings is 1. The minimum atomic E-state index is -0.222. The van der Waals surface area contributed by atoms with Gasteiger partial charge in [-0.05, 0) is 55.8 Å². The van der Waals surface area contributed by atoms with Crippen LogP contribution < -0.4 is 5.73 Å². The molecule has 108 valence electrons. The first kappa shape index (κ1) is 13.9. The molecule has 2 N–H and O–H groups in total. The van der Waals surface area contributed by atoms with Gasteiger partial charge in [0, 0.05) is 17.6 Å². The first-order valence-electron chi connectivity index (χ1n) is 7.44. The van der Waals surface area contributed by atoms with Crippen molar-refractivity contribution in [2.75, 3.05) is 13.1 Å². The molecule has 20 heavy (non-hydrogen) atoms. The van der Waals surface area contributed by atoms with Gasteiger partial charge in [-0.3, -0.25) is 9.69 Å². The molecular formula is C16H21ClN2O. The van der Waals surface area contributed by atoms with Crippen molar-refractivity contribution in [3.8, 4) is 0 Å². The van der Waals surface area contributed by atoms with Gasteiger partial charge in [-0.15, -0.1) is 0 Å². The smallest absolute Gasteiger partial charge is 0.226 e. The molecule has 2 aliphatic rings. The maximum absolute atomic E-state index is 12.0. The highest BCUT2D eigenvalue weighted by molar-refractivity contribution is 6.30. The van der Waals surface area contributed by atoms with E-state index in [1.54, 1.807) is 0 Å². The summed E-state index contributed by atoms with van der Waals surface area (Å²) in [6.07, 6.45) is 4.90. The summed E-state index contributed by atoms with van der Waals surface area (Å²) in [6, 6.07) is 7.81. The average molecular weight is 293 g/mol. The monoisotopic (exact) mass is 292 g/mol. The zero-order valence-corrected chi connectivity index (χ0v) is 12.4. The van der Waals surface area contributed by atoms with Crippen LogP contribution in [-0.4, -0.2) is 29.9 Å². The number of carbonyl (C=O) groups excluding carboxylic acids is 1. The van der Waals surface area contributed by atoms with Crippen LogP contribution in [0.15, 0.2) is 24.3 Å². The molecular weight excluding hydrogens is 272 g/mol. The van der Waals surface area contributed by atoms with Crippen LogP contribution >= 0.6 is 11.6 Å². The van der Waals surface area contributed by atoms with Gasteiger partial charge >= 0.3 is 0 Å². The Morgan fingerprint density at radius 1 is 1.30 bits per heavy atom. The second kappa shape index (κ2) is 5.74. The van der Waals surface area contributed by atoms with E-state index in [0.717, 1.165) is 37.4 Å². The molecule has 1 aliphatic heterocycles. The molecule has 1 aromatic rings. The lowest BCUT2D eigenvalue weighted by Crippen LogP contribution is -2.41. The number of primary amides is 1. The second-order valence-electron chi connectivity index (χ2n) is 6.08. The highest BCUT2D eigenvalue weighted by Crippen LogP contribution is 2.36. The summed E-state index contributed by atoms with van der Waals surface area (Å²) >= 11 is 5.93. The van der Waals surface area contributed by atoms with Crippen LogP contribution in [0.4, 0.5) is 0 Å². The van der Waals surface area contributed by atoms with Gasteiger partial charge in [0.25, 0.3) is 0 Å². The van der Waals surface area contributed by atoms with E-state index in [1.807, 2.05) is 24.3 Å². The lowest BCUT2D eigenvalue weighted by atomic mass is 9.89. The number of carbonyl (C=O) groups is 1. The Balaban J connectivity index is 1.81. The zero-order chi connectivity index (χ0) is 14.1. The number of nitrogens with zero attached hydrogens (tertiary/aromatic N) is 1. The fraction of sp³-hybridized carbons (Fsp3) is 0.562. The number of hydrogen-bond acceptors (Lipinski definition) is 2. The Morgan fingerprint density at radius 2 is 2.00 bits per heavy atom. The second-order valence-corrected chi connectivity index (χ2v) is 6.52. The van der Waals surface area contributed by atoms with E-state index in [-0.39, 0.29) is 17.9 Å². The maximum atomic E-state index is 12.0. The molecule has 2 atom stereocenters. The van der Waals surface area contributed by atoms with Crippen LogP contribution in [0, 0.1) is 5.92 Å². The number of amides is 1. The molecule has 0 spiro atoms. The highest BCUT2D eigenvalue weighted by atomic mass is 35.5. The van der Waals surface area contributed by atoms with E-state index >= 15 is 0 Å². The van der Waals surface area contributed by atoms with Gasteiger partial charge in [0.1, 0.15) is 0 Å². The van der Waals surface area contributed by atoms with Crippen LogP contribution in [0.3, 0.4) is 0 Å². The van der Waals surface area contributed by atoms with Gasteiger partial charge in [0.2, 0.25) is 5.91 Å². The number of hydrogen-bond donors (Lipinski definition) is 1. The summed E-state index contributed by atoms with van der Waals surface area (Å²) in [5, 5.41) is 0.693. The predicted molar refractivity (Wildman–Crippen MR) is 80.7 cm³/mol. The fourth-order valence-electron chi connectivity index (χ4n) is 3.33. The van der Waals surface area contributed by atoms with Crippen LogP contribution in [-0.2, 0) is 4.79 Å². The fourth-order valence-corrected chi connectivity index (χ4v) is 3.46. The molecule has 1 saturated heterocycles. The molecule has 3 nitrogen and oxygen atoms in total. The molecule has 4 heteroatoms. The molecule has 3 rings (SSSR count). The van der Waals surface area contributed by atoms with Gasteiger partial charge < -0.3 is 5.73 Å². The van der Waals surface area contributed by atoms with Gasteiger partial charge in [0.05, 0.1) is 5.92 Å². The third-order valence-electron chi connectivity index (χ3n) is 4.52. The summed E-state index contributed by atoms with van der Waals surface area (Å²) < 4.78 is 0. The standard InChI is InChI=1S/C16H21ClN2O/c17-13-7-5-12(6-8-13)15(16(18)20)14-2-1-9-19(14)10-11-3-4-11/h5-8,11,14-15H,1-4,9-10H2,(H2,18,20)/t14-,15-/m0/s1. The lowest BCUT2D eigenvalue weighted by molar-refractivity contribution is -0.120. The Morgan fingerprint density at radius 3 is 2.60 bits per heavy atom. The molecule has 0 radical (unpaired) electrons. The van der Waals surface area contributed by atoms with Crippen molar-refractivity contribution in [1.82, 2.24) is 4.90 Å². The van der Waals surface area contributed by atoms with Crippen molar-refractivity contribution < 1.29 is 4.79 Å². The predicted octanol–water partition coefficient (Wildman–Crippen LogP) is 2.78. The van der Waals surface area contributed by atoms with Crippen molar-refractivity contribution in [3.63, 3.8) is 0 Å². The minimum absolute atomic E-state index is 0.214. The molecule has 2 fully saturated rings. The van der Waals surface area contributed by atoms with Gasteiger partial charge in [-0.25, -0.2) is 0 Å². The van der Waals surface area contributed by atoms with E-state index in [1.165, 1.54) is 12.8 Å². The van der Waals surface area contributed by atoms with Crippen LogP contribution in [0.1, 0.15) is 37.2 Å². The van der Waals surface area contributed by atoms with Crippen molar-refractivity contribution in [1.29, 1.82) is 0 Å². The summed E-state index contributed by atoms with van der Waals surface area (Å²) in [5.41, 5.74) is 6.69. The number of halogens is 1. The number of likely N-dealkylation sites (tertiary alicyclic amines) is 1. The lowest BCUT2D eigenvalue weighted by Gasteiger charge is -2.30. The Labute approximate surface area is 125 Å². The van der Waals surface area contributed by atoms with E-state index in [0.29, 0.717) is 5.02 Å². The molecule has 1 heterocycles. The summed E-state index contributed by atoms with van der Waals surface area (Å²) in [5.74, 6) is 0.405. The Bertz CT molecular complexity index is 484. The zero-order valence-electron chi connectivity index (χ0n) is 11.6. The maximum Gasteiger partial charge on any atom is 0.226 e. The third-order valence-corrected chi connectivity index (χ3v) is 4.78. The normalized spacial score (nSPS) is 24.8. The van der Waals surface area contributed by atoms with Crippen molar-refractivity contribution >= 4 is 17.5 Å². The first-order valence-corrected chi connectivity index (χ1v) is 7.82. The summed E-state index contributed by atoms with van der Waals surface area (Å²) in [7, 11) is 0. The van der Waals surface area contributed by atoms with E-state index in [2.05, 4.69) is 4.90 Å². The SMILES string of the molecule is NC(=O)[C@@H](c1ccc(Cl)cc1)[C@@H]1CCCN1CC1CC1. The third kappa shape index (κ3) is 2.99. The first-order chi connectivity index (χ1) is 9.65. The topological polar surface area (TPSA) is 46.3 Å². The minimum Gasteiger partial charge on any atom is -0.369 e. The quantitative estimate of drug-likeness (QED) is 0.907. The van der Waals surface area contributed by atoms with Crippen molar-refractivity contribution in [3.05, 3.63) is 34.9 Å². The molecule has 0 unspecified atom stereocenters. The van der Waals surface area contributed by atoms with Gasteiger partial charge in [0.15, 0.2) is 0 Å². The molecule has 1 aliphatic carbocycles. The van der Waals surface area contributed by atoms with Crippen LogP contribution in [0.2, 0.25) is 5.02 Å². The van der Waals surface area contributed by atoms with Crippen molar-refractivity contribution in [2.45, 2.75) is 37.6 Å². The molecule has 1 saturated carbocycles. The van der Waals surface area contributed by atoms with Crippen LogP contribution in [0.25, 0.3) is 0 Å². The number of rotatable bonds is 5. The number of nitrogens with two attached hydrogens (primary N) is 1. The van der Waals surface area contributed by atoms with Crippen molar-refractivity contribution in [2.24, 2.45) is 11.7 Å².